The number of halogens is 2. The van der Waals surface area contributed by atoms with Crippen LogP contribution in [0.25, 0.3) is 16.5 Å². The Morgan fingerprint density at radius 3 is 2.60 bits per heavy atom. The molecule has 3 aromatic heterocycles. The van der Waals surface area contributed by atoms with Gasteiger partial charge in [0.05, 0.1) is 31.6 Å². The van der Waals surface area contributed by atoms with Crippen LogP contribution in [0.1, 0.15) is 40.4 Å². The Balaban J connectivity index is 1.12. The molecule has 47 heavy (non-hydrogen) atoms. The Hall–Kier alpha value is -4.85. The summed E-state index contributed by atoms with van der Waals surface area (Å²) in [7, 11) is 3.52. The van der Waals surface area contributed by atoms with Crippen molar-refractivity contribution in [3.05, 3.63) is 71.3 Å². The summed E-state index contributed by atoms with van der Waals surface area (Å²) in [5.74, 6) is -0.0538. The molecule has 1 N–H and O–H groups in total. The van der Waals surface area contributed by atoms with Crippen molar-refractivity contribution in [1.82, 2.24) is 39.7 Å². The first-order valence-corrected chi connectivity index (χ1v) is 15.9. The van der Waals surface area contributed by atoms with Crippen LogP contribution in [0.15, 0.2) is 42.9 Å². The van der Waals surface area contributed by atoms with Crippen molar-refractivity contribution < 1.29 is 23.1 Å². The van der Waals surface area contributed by atoms with E-state index in [9.17, 15) is 14.0 Å². The number of hydrogen-bond acceptors (Lipinski definition) is 8. The van der Waals surface area contributed by atoms with Crippen LogP contribution in [-0.4, -0.2) is 118 Å². The van der Waals surface area contributed by atoms with Crippen molar-refractivity contribution in [2.24, 2.45) is 0 Å². The molecule has 0 aliphatic carbocycles. The van der Waals surface area contributed by atoms with Crippen molar-refractivity contribution in [3.63, 3.8) is 0 Å². The van der Waals surface area contributed by atoms with Crippen LogP contribution in [0.5, 0.6) is 5.75 Å². The number of likely N-dealkylation sites (tertiary alicyclic amines) is 1. The molecule has 0 unspecified atom stereocenters. The second-order valence-electron chi connectivity index (χ2n) is 12.4. The fourth-order valence-corrected chi connectivity index (χ4v) is 6.83. The number of H-pyrrole nitrogens is 1. The van der Waals surface area contributed by atoms with Crippen LogP contribution < -0.4 is 9.64 Å². The van der Waals surface area contributed by atoms with Crippen molar-refractivity contribution in [2.75, 3.05) is 71.4 Å². The number of fused-ring (bicyclic) bond motifs is 1. The first kappa shape index (κ1) is 30.8. The molecular formula is C33H37F2N9O3. The minimum atomic E-state index is -0.480. The van der Waals surface area contributed by atoms with Gasteiger partial charge in [-0.1, -0.05) is 11.3 Å². The number of nitrogens with one attached hydrogen (secondary N) is 1. The summed E-state index contributed by atoms with van der Waals surface area (Å²) in [5, 5.41) is 8.43. The van der Waals surface area contributed by atoms with Gasteiger partial charge in [0.2, 0.25) is 5.91 Å². The fourth-order valence-electron chi connectivity index (χ4n) is 6.83. The Labute approximate surface area is 270 Å². The zero-order chi connectivity index (χ0) is 32.7. The molecule has 0 bridgehead atoms. The van der Waals surface area contributed by atoms with E-state index >= 15 is 4.39 Å². The van der Waals surface area contributed by atoms with Crippen molar-refractivity contribution in [2.45, 2.75) is 25.3 Å². The molecule has 1 aromatic carbocycles. The number of methoxy groups -OCH3 is 1. The molecule has 0 spiro atoms. The quantitative estimate of drug-likeness (QED) is 0.311. The van der Waals surface area contributed by atoms with Crippen LogP contribution in [0.2, 0.25) is 0 Å². The van der Waals surface area contributed by atoms with Gasteiger partial charge in [0.15, 0.2) is 17.4 Å². The van der Waals surface area contributed by atoms with Crippen molar-refractivity contribution in [3.8, 4) is 5.75 Å². The maximum Gasteiger partial charge on any atom is 0.270 e. The third kappa shape index (κ3) is 6.04. The molecule has 0 atom stereocenters. The number of piperazine rings is 1. The molecule has 246 valence electrons. The molecule has 7 rings (SSSR count). The minimum absolute atomic E-state index is 0.0186. The number of pyridine rings is 1. The summed E-state index contributed by atoms with van der Waals surface area (Å²) < 4.78 is 37.1. The van der Waals surface area contributed by atoms with E-state index in [1.807, 2.05) is 24.1 Å². The van der Waals surface area contributed by atoms with Crippen LogP contribution >= 0.6 is 0 Å². The Kier molecular flexibility index (Phi) is 8.35. The van der Waals surface area contributed by atoms with Gasteiger partial charge in [-0.3, -0.25) is 14.3 Å². The van der Waals surface area contributed by atoms with Gasteiger partial charge in [0, 0.05) is 87.9 Å². The maximum absolute atomic E-state index is 16.4. The topological polar surface area (TPSA) is 116 Å². The second kappa shape index (κ2) is 12.7. The lowest BCUT2D eigenvalue weighted by molar-refractivity contribution is -0.131. The van der Waals surface area contributed by atoms with Crippen LogP contribution in [0.4, 0.5) is 14.6 Å². The van der Waals surface area contributed by atoms with Gasteiger partial charge in [-0.25, -0.2) is 13.8 Å². The second-order valence-corrected chi connectivity index (χ2v) is 12.4. The number of hydrogen-bond donors (Lipinski definition) is 1. The SMILES string of the molecule is COc1cc(F)cnc1N1CCN(C(=O)c2cc3c(C4CN(C)C4)cc(C4=CCCN(C(=O)CCn5ccnn5)C4)c(F)c3[nH]2)CC1. The van der Waals surface area contributed by atoms with E-state index in [4.69, 9.17) is 4.74 Å². The van der Waals surface area contributed by atoms with E-state index in [1.54, 1.807) is 32.9 Å². The normalized spacial score (nSPS) is 17.6. The number of ether oxygens (including phenoxy) is 1. The highest BCUT2D eigenvalue weighted by molar-refractivity contribution is 6.00. The van der Waals surface area contributed by atoms with Crippen molar-refractivity contribution >= 4 is 34.1 Å². The number of benzene rings is 1. The van der Waals surface area contributed by atoms with Gasteiger partial charge in [-0.15, -0.1) is 5.10 Å². The van der Waals surface area contributed by atoms with Crippen LogP contribution in [0, 0.1) is 11.6 Å². The van der Waals surface area contributed by atoms with Gasteiger partial charge in [0.1, 0.15) is 11.5 Å². The average Bonchev–Trinajstić information content (AvgIpc) is 3.77. The van der Waals surface area contributed by atoms with E-state index in [2.05, 4.69) is 25.2 Å². The highest BCUT2D eigenvalue weighted by atomic mass is 19.1. The number of anilines is 1. The maximum atomic E-state index is 16.4. The molecule has 14 heteroatoms. The first-order chi connectivity index (χ1) is 22.8. The summed E-state index contributed by atoms with van der Waals surface area (Å²) >= 11 is 0. The lowest BCUT2D eigenvalue weighted by atomic mass is 9.86. The van der Waals surface area contributed by atoms with Gasteiger partial charge < -0.3 is 29.3 Å². The number of likely N-dealkylation sites (N-methyl/N-ethyl adjacent to an activating group) is 1. The fraction of sp³-hybridized carbons (Fsp3) is 0.424. The summed E-state index contributed by atoms with van der Waals surface area (Å²) in [4.78, 5) is 41.8. The van der Waals surface area contributed by atoms with Crippen LogP contribution in [0.3, 0.4) is 0 Å². The third-order valence-corrected chi connectivity index (χ3v) is 9.38. The van der Waals surface area contributed by atoms with E-state index in [0.29, 0.717) is 86.0 Å². The molecule has 2 amide bonds. The highest BCUT2D eigenvalue weighted by Crippen LogP contribution is 2.38. The number of aryl methyl sites for hydroxylation is 1. The minimum Gasteiger partial charge on any atom is -0.493 e. The van der Waals surface area contributed by atoms with E-state index in [0.717, 1.165) is 30.4 Å². The lowest BCUT2D eigenvalue weighted by Crippen LogP contribution is -2.49. The Morgan fingerprint density at radius 2 is 1.87 bits per heavy atom. The molecule has 2 fully saturated rings. The van der Waals surface area contributed by atoms with Crippen molar-refractivity contribution in [1.29, 1.82) is 0 Å². The molecular weight excluding hydrogens is 608 g/mol. The molecule has 0 saturated carbocycles. The molecule has 4 aromatic rings. The molecule has 6 heterocycles. The van der Waals surface area contributed by atoms with Gasteiger partial charge in [-0.05, 0) is 36.7 Å². The lowest BCUT2D eigenvalue weighted by Gasteiger charge is -2.37. The number of amides is 2. The molecule has 0 radical (unpaired) electrons. The number of aromatic amines is 1. The predicted octanol–water partition coefficient (Wildman–Crippen LogP) is 3.14. The highest BCUT2D eigenvalue weighted by Gasteiger charge is 2.32. The molecule has 3 aliphatic heterocycles. The standard InChI is InChI=1S/C33H37F2N9O3/c1-40-18-22(19-40)24-15-25(21-4-3-7-43(20-21)29(45)5-8-44-9-6-37-39-44)30(35)31-26(24)16-27(38-31)33(46)42-12-10-41(11-13-42)32-28(47-2)14-23(34)17-36-32/h4,6,9,14-17,22,38H,3,5,7-8,10-13,18-20H2,1-2H3. The zero-order valence-corrected chi connectivity index (χ0v) is 26.5. The Bertz CT molecular complexity index is 1830. The Morgan fingerprint density at radius 1 is 1.06 bits per heavy atom. The average molecular weight is 646 g/mol. The third-order valence-electron chi connectivity index (χ3n) is 9.38. The van der Waals surface area contributed by atoms with Gasteiger partial charge >= 0.3 is 0 Å². The number of aromatic nitrogens is 5. The first-order valence-electron chi connectivity index (χ1n) is 15.9. The zero-order valence-electron chi connectivity index (χ0n) is 26.5. The summed E-state index contributed by atoms with van der Waals surface area (Å²) in [6.45, 7) is 4.79. The summed E-state index contributed by atoms with van der Waals surface area (Å²) in [6.07, 6.45) is 7.37. The number of carbonyl (C=O) groups excluding carboxylic acids is 2. The molecule has 12 nitrogen and oxygen atoms in total. The molecule has 2 saturated heterocycles. The largest absolute Gasteiger partial charge is 0.493 e. The smallest absolute Gasteiger partial charge is 0.270 e. The number of carbonyl (C=O) groups is 2. The van der Waals surface area contributed by atoms with Gasteiger partial charge in [-0.2, -0.15) is 0 Å². The predicted molar refractivity (Wildman–Crippen MR) is 171 cm³/mol. The van der Waals surface area contributed by atoms with Gasteiger partial charge in [0.25, 0.3) is 5.91 Å². The summed E-state index contributed by atoms with van der Waals surface area (Å²) in [5.41, 5.74) is 2.87. The monoisotopic (exact) mass is 645 g/mol. The van der Waals surface area contributed by atoms with E-state index in [-0.39, 0.29) is 24.2 Å². The number of rotatable bonds is 8. The van der Waals surface area contributed by atoms with E-state index in [1.165, 1.54) is 13.2 Å². The number of nitrogens with zero attached hydrogens (tertiary/aromatic N) is 8. The van der Waals surface area contributed by atoms with E-state index < -0.39 is 11.6 Å². The summed E-state index contributed by atoms with van der Waals surface area (Å²) in [6, 6.07) is 5.00. The van der Waals surface area contributed by atoms with Crippen LogP contribution in [-0.2, 0) is 11.3 Å². The molecule has 3 aliphatic rings.